The van der Waals surface area contributed by atoms with Crippen molar-refractivity contribution >= 4 is 38.2 Å². The Balaban J connectivity index is 2.60. The lowest BCUT2D eigenvalue weighted by Gasteiger charge is -2.27. The van der Waals surface area contributed by atoms with E-state index in [1.807, 2.05) is 0 Å². The van der Waals surface area contributed by atoms with E-state index in [1.54, 1.807) is 0 Å². The predicted molar refractivity (Wildman–Crippen MR) is 96.9 cm³/mol. The molecule has 2 aromatic rings. The summed E-state index contributed by atoms with van der Waals surface area (Å²) >= 11 is 0.754. The van der Waals surface area contributed by atoms with Crippen LogP contribution in [0.1, 0.15) is 24.2 Å². The van der Waals surface area contributed by atoms with Crippen molar-refractivity contribution in [1.82, 2.24) is 0 Å². The summed E-state index contributed by atoms with van der Waals surface area (Å²) in [5, 5.41) is 11.1. The van der Waals surface area contributed by atoms with Gasteiger partial charge in [0.05, 0.1) is 10.5 Å². The van der Waals surface area contributed by atoms with Gasteiger partial charge < -0.3 is 15.6 Å². The van der Waals surface area contributed by atoms with Gasteiger partial charge in [-0.05, 0) is 49.6 Å². The number of sulfonamides is 1. The van der Waals surface area contributed by atoms with Crippen molar-refractivity contribution < 1.29 is 36.6 Å². The van der Waals surface area contributed by atoms with Gasteiger partial charge in [-0.25, -0.2) is 8.42 Å². The van der Waals surface area contributed by atoms with Crippen molar-refractivity contribution in [2.24, 2.45) is 5.73 Å². The lowest BCUT2D eigenvalue weighted by Crippen LogP contribution is -2.48. The second-order valence-corrected chi connectivity index (χ2v) is 8.67. The van der Waals surface area contributed by atoms with E-state index in [4.69, 9.17) is 5.73 Å². The van der Waals surface area contributed by atoms with Gasteiger partial charge in [-0.3, -0.25) is 9.59 Å². The van der Waals surface area contributed by atoms with E-state index in [0.717, 1.165) is 49.4 Å². The largest absolute Gasteiger partial charge is 0.435 e. The number of nitrogens with two attached hydrogens (primary N) is 1. The first-order chi connectivity index (χ1) is 12.9. The van der Waals surface area contributed by atoms with E-state index in [-0.39, 0.29) is 20.6 Å². The van der Waals surface area contributed by atoms with Gasteiger partial charge in [0, 0.05) is 0 Å². The summed E-state index contributed by atoms with van der Waals surface area (Å²) in [6.45, 7) is -0.941. The van der Waals surface area contributed by atoms with E-state index in [1.165, 1.54) is 11.4 Å². The van der Waals surface area contributed by atoms with Gasteiger partial charge in [-0.1, -0.05) is 0 Å². The maximum atomic E-state index is 13.1. The van der Waals surface area contributed by atoms with Crippen LogP contribution in [0.15, 0.2) is 40.6 Å². The highest BCUT2D eigenvalue weighted by Crippen LogP contribution is 2.34. The summed E-state index contributed by atoms with van der Waals surface area (Å²) in [7, 11) is -4.62. The zero-order chi connectivity index (χ0) is 21.3. The fourth-order valence-corrected chi connectivity index (χ4v) is 4.78. The summed E-state index contributed by atoms with van der Waals surface area (Å²) < 4.78 is 55.1. The van der Waals surface area contributed by atoms with Crippen molar-refractivity contribution in [3.63, 3.8) is 0 Å². The van der Waals surface area contributed by atoms with E-state index in [2.05, 4.69) is 4.74 Å². The minimum absolute atomic E-state index is 0.233. The van der Waals surface area contributed by atoms with Crippen LogP contribution in [0.5, 0.6) is 5.75 Å². The average molecular weight is 434 g/mol. The Morgan fingerprint density at radius 3 is 2.25 bits per heavy atom. The molecule has 0 radical (unpaired) electrons. The summed E-state index contributed by atoms with van der Waals surface area (Å²) in [6, 6.07) is 5.11. The molecule has 0 aliphatic rings. The predicted octanol–water partition coefficient (Wildman–Crippen LogP) is 1.94. The first-order valence-corrected chi connectivity index (χ1v) is 9.92. The number of benzene rings is 1. The topological polar surface area (TPSA) is 127 Å². The fourth-order valence-electron chi connectivity index (χ4n) is 2.10. The zero-order valence-electron chi connectivity index (χ0n) is 14.6. The number of thiophene rings is 1. The number of nitrogens with zero attached hydrogens (tertiary/aromatic N) is 1. The molecular weight excluding hydrogens is 418 g/mol. The number of hydrogen-bond donors (Lipinski definition) is 2. The molecule has 0 saturated heterocycles. The molecule has 28 heavy (non-hydrogen) atoms. The number of alkyl halides is 2. The molecule has 0 bridgehead atoms. The fraction of sp³-hybridized carbons (Fsp3) is 0.250. The number of carbonyl (C=O) groups excluding carboxylic acids is 2. The van der Waals surface area contributed by atoms with Gasteiger partial charge in [-0.15, -0.1) is 11.3 Å². The van der Waals surface area contributed by atoms with E-state index >= 15 is 0 Å². The number of carbonyl (C=O) groups is 2. The molecule has 12 heteroatoms. The molecule has 0 spiro atoms. The number of rotatable bonds is 7. The molecule has 0 aliphatic heterocycles. The second kappa shape index (κ2) is 7.81. The van der Waals surface area contributed by atoms with Crippen LogP contribution in [0.4, 0.5) is 13.8 Å². The molecule has 0 aliphatic carbocycles. The Morgan fingerprint density at radius 1 is 1.21 bits per heavy atom. The van der Waals surface area contributed by atoms with E-state index in [0.29, 0.717) is 0 Å². The van der Waals surface area contributed by atoms with Crippen LogP contribution >= 0.6 is 11.3 Å². The maximum absolute atomic E-state index is 13.1. The number of hydrogen-bond acceptors (Lipinski definition) is 7. The first kappa shape index (κ1) is 21.7. The Bertz CT molecular complexity index is 981. The molecule has 8 nitrogen and oxygen atoms in total. The van der Waals surface area contributed by atoms with Crippen molar-refractivity contribution in [2.75, 3.05) is 4.31 Å². The third-order valence-electron chi connectivity index (χ3n) is 3.39. The molecule has 0 saturated carbocycles. The number of anilines is 1. The molecule has 1 aromatic heterocycles. The smallest absolute Gasteiger partial charge is 0.387 e. The Morgan fingerprint density at radius 2 is 1.79 bits per heavy atom. The molecule has 0 atom stereocenters. The number of ether oxygens (including phenoxy) is 1. The van der Waals surface area contributed by atoms with Crippen LogP contribution in [0.2, 0.25) is 0 Å². The van der Waals surface area contributed by atoms with Crippen LogP contribution in [-0.4, -0.2) is 37.6 Å². The maximum Gasteiger partial charge on any atom is 0.387 e. The molecule has 3 N–H and O–H groups in total. The highest BCUT2D eigenvalue weighted by molar-refractivity contribution is 7.93. The molecule has 1 aromatic carbocycles. The normalized spacial score (nSPS) is 12.1. The summed E-state index contributed by atoms with van der Waals surface area (Å²) in [5.74, 6) is -2.49. The van der Waals surface area contributed by atoms with Crippen LogP contribution in [0.3, 0.4) is 0 Å². The van der Waals surface area contributed by atoms with Gasteiger partial charge >= 0.3 is 6.61 Å². The summed E-state index contributed by atoms with van der Waals surface area (Å²) in [5.41, 5.74) is 2.90. The number of aliphatic hydroxyl groups is 1. The van der Waals surface area contributed by atoms with Crippen molar-refractivity contribution in [2.45, 2.75) is 31.0 Å². The van der Waals surface area contributed by atoms with Gasteiger partial charge in [0.2, 0.25) is 0 Å². The van der Waals surface area contributed by atoms with Crippen molar-refractivity contribution in [3.05, 3.63) is 41.3 Å². The minimum atomic E-state index is -4.62. The van der Waals surface area contributed by atoms with Crippen LogP contribution < -0.4 is 14.8 Å². The lowest BCUT2D eigenvalue weighted by atomic mass is 10.1. The third kappa shape index (κ3) is 4.46. The van der Waals surface area contributed by atoms with Crippen LogP contribution in [0, 0.1) is 0 Å². The number of primary amides is 1. The van der Waals surface area contributed by atoms with Gasteiger partial charge in [0.25, 0.3) is 21.8 Å². The van der Waals surface area contributed by atoms with Gasteiger partial charge in [0.15, 0.2) is 0 Å². The zero-order valence-corrected chi connectivity index (χ0v) is 16.3. The lowest BCUT2D eigenvalue weighted by molar-refractivity contribution is -0.132. The molecule has 1 heterocycles. The van der Waals surface area contributed by atoms with Crippen LogP contribution in [-0.2, 0) is 14.8 Å². The minimum Gasteiger partial charge on any atom is -0.435 e. The second-order valence-electron chi connectivity index (χ2n) is 5.99. The molecule has 152 valence electrons. The quantitative estimate of drug-likeness (QED) is 0.686. The van der Waals surface area contributed by atoms with E-state index < -0.39 is 38.9 Å². The monoisotopic (exact) mass is 434 g/mol. The first-order valence-electron chi connectivity index (χ1n) is 7.60. The highest BCUT2D eigenvalue weighted by atomic mass is 32.2. The van der Waals surface area contributed by atoms with Crippen molar-refractivity contribution in [3.8, 4) is 5.75 Å². The molecule has 2 amide bonds. The number of amides is 2. The van der Waals surface area contributed by atoms with Crippen molar-refractivity contribution in [1.29, 1.82) is 0 Å². The van der Waals surface area contributed by atoms with Crippen LogP contribution in [0.25, 0.3) is 0 Å². The van der Waals surface area contributed by atoms with Gasteiger partial charge in [-0.2, -0.15) is 13.1 Å². The standard InChI is InChI=1S/C16H16F2N2O6S2/c1-16(2,23)14(22)20(13-11(12(19)21)7-8-27-13)28(24,25)10-5-3-9(4-6-10)26-15(17)18/h3-8,15,23H,1-2H3,(H2,19,21). The average Bonchev–Trinajstić information content (AvgIpc) is 3.03. The Kier molecular flexibility index (Phi) is 6.06. The molecular formula is C16H16F2N2O6S2. The number of halogens is 2. The highest BCUT2D eigenvalue weighted by Gasteiger charge is 2.41. The Hall–Kier alpha value is -2.57. The third-order valence-corrected chi connectivity index (χ3v) is 6.10. The Labute approximate surface area is 163 Å². The van der Waals surface area contributed by atoms with E-state index in [9.17, 15) is 31.9 Å². The SMILES string of the molecule is CC(C)(O)C(=O)N(c1sccc1C(N)=O)S(=O)(=O)c1ccc(OC(F)F)cc1. The molecule has 0 unspecified atom stereocenters. The molecule has 0 fully saturated rings. The van der Waals surface area contributed by atoms with Gasteiger partial charge in [0.1, 0.15) is 16.4 Å². The summed E-state index contributed by atoms with van der Waals surface area (Å²) in [6.07, 6.45) is 0. The summed E-state index contributed by atoms with van der Waals surface area (Å²) in [4.78, 5) is 23.9. The molecule has 2 rings (SSSR count).